The fourth-order valence-electron chi connectivity index (χ4n) is 2.52. The van der Waals surface area contributed by atoms with Crippen LogP contribution in [0.15, 0.2) is 30.3 Å². The van der Waals surface area contributed by atoms with E-state index in [1.54, 1.807) is 0 Å². The minimum absolute atomic E-state index is 0.222. The van der Waals surface area contributed by atoms with E-state index in [9.17, 15) is 9.90 Å². The zero-order valence-corrected chi connectivity index (χ0v) is 10.3. The maximum atomic E-state index is 11.1. The molecule has 3 heteroatoms. The first-order valence-corrected chi connectivity index (χ1v) is 5.96. The normalized spacial score (nSPS) is 28.2. The molecule has 0 amide bonds. The van der Waals surface area contributed by atoms with E-state index in [1.165, 1.54) is 5.56 Å². The summed E-state index contributed by atoms with van der Waals surface area (Å²) in [5.41, 5.74) is 0.949. The average Bonchev–Trinajstić information content (AvgIpc) is 2.51. The third kappa shape index (κ3) is 2.40. The van der Waals surface area contributed by atoms with Gasteiger partial charge in [-0.15, -0.1) is 0 Å². The van der Waals surface area contributed by atoms with Gasteiger partial charge >= 0.3 is 0 Å². The Labute approximate surface area is 102 Å². The lowest BCUT2D eigenvalue weighted by Crippen LogP contribution is -2.37. The number of aliphatic hydroxyl groups excluding tert-OH is 1. The minimum atomic E-state index is -0.580. The molecule has 2 unspecified atom stereocenters. The van der Waals surface area contributed by atoms with Crippen LogP contribution in [-0.4, -0.2) is 35.0 Å². The van der Waals surface area contributed by atoms with Crippen molar-refractivity contribution in [1.29, 1.82) is 0 Å². The Bertz CT molecular complexity index is 388. The third-order valence-corrected chi connectivity index (χ3v) is 3.52. The third-order valence-electron chi connectivity index (χ3n) is 3.52. The number of benzene rings is 1. The van der Waals surface area contributed by atoms with E-state index >= 15 is 0 Å². The highest BCUT2D eigenvalue weighted by Crippen LogP contribution is 2.34. The van der Waals surface area contributed by atoms with Crippen LogP contribution >= 0.6 is 0 Å². The highest BCUT2D eigenvalue weighted by molar-refractivity contribution is 5.60. The Balaban J connectivity index is 2.14. The topological polar surface area (TPSA) is 40.5 Å². The van der Waals surface area contributed by atoms with Crippen LogP contribution in [-0.2, 0) is 11.3 Å². The van der Waals surface area contributed by atoms with E-state index in [-0.39, 0.29) is 11.5 Å². The molecule has 3 nitrogen and oxygen atoms in total. The number of likely N-dealkylation sites (tertiary alicyclic amines) is 1. The maximum Gasteiger partial charge on any atom is 0.139 e. The second-order valence-corrected chi connectivity index (χ2v) is 5.45. The van der Waals surface area contributed by atoms with Gasteiger partial charge < -0.3 is 9.90 Å². The summed E-state index contributed by atoms with van der Waals surface area (Å²) in [4.78, 5) is 13.2. The second-order valence-electron chi connectivity index (χ2n) is 5.45. The highest BCUT2D eigenvalue weighted by atomic mass is 16.3. The number of aldehydes is 1. The van der Waals surface area contributed by atoms with E-state index in [1.807, 2.05) is 49.1 Å². The van der Waals surface area contributed by atoms with Gasteiger partial charge in [0.1, 0.15) is 6.29 Å². The lowest BCUT2D eigenvalue weighted by Gasteiger charge is -2.21. The number of aliphatic hydroxyl groups is 1. The van der Waals surface area contributed by atoms with Crippen molar-refractivity contribution in [3.8, 4) is 0 Å². The molecule has 1 aliphatic heterocycles. The SMILES string of the molecule is CC1(C)CN(Cc2ccccc2)C(C=O)C1O. The van der Waals surface area contributed by atoms with Crippen molar-refractivity contribution in [2.75, 3.05) is 6.54 Å². The van der Waals surface area contributed by atoms with Gasteiger partial charge in [0.05, 0.1) is 12.1 Å². The molecule has 1 N–H and O–H groups in total. The van der Waals surface area contributed by atoms with Gasteiger partial charge in [-0.1, -0.05) is 44.2 Å². The molecule has 0 radical (unpaired) electrons. The summed E-state index contributed by atoms with van der Waals surface area (Å²) < 4.78 is 0. The molecule has 1 fully saturated rings. The summed E-state index contributed by atoms with van der Waals surface area (Å²) >= 11 is 0. The predicted octanol–water partition coefficient (Wildman–Crippen LogP) is 1.46. The monoisotopic (exact) mass is 233 g/mol. The fourth-order valence-corrected chi connectivity index (χ4v) is 2.52. The Morgan fingerprint density at radius 1 is 1.41 bits per heavy atom. The molecule has 2 atom stereocenters. The first-order valence-electron chi connectivity index (χ1n) is 5.96. The number of nitrogens with zero attached hydrogens (tertiary/aromatic N) is 1. The van der Waals surface area contributed by atoms with E-state index < -0.39 is 6.10 Å². The zero-order chi connectivity index (χ0) is 12.5. The van der Waals surface area contributed by atoms with Crippen molar-refractivity contribution in [2.24, 2.45) is 5.41 Å². The summed E-state index contributed by atoms with van der Waals surface area (Å²) in [7, 11) is 0. The molecule has 1 aromatic rings. The van der Waals surface area contributed by atoms with Crippen LogP contribution < -0.4 is 0 Å². The van der Waals surface area contributed by atoms with E-state index in [0.717, 1.165) is 12.8 Å². The molecule has 0 aromatic heterocycles. The maximum absolute atomic E-state index is 11.1. The molecular formula is C14H19NO2. The number of hydrogen-bond acceptors (Lipinski definition) is 3. The van der Waals surface area contributed by atoms with Crippen LogP contribution in [0.25, 0.3) is 0 Å². The van der Waals surface area contributed by atoms with Crippen molar-refractivity contribution in [3.63, 3.8) is 0 Å². The predicted molar refractivity (Wildman–Crippen MR) is 66.5 cm³/mol. The molecule has 1 aliphatic rings. The van der Waals surface area contributed by atoms with Crippen LogP contribution in [0.3, 0.4) is 0 Å². The standard InChI is InChI=1S/C14H19NO2/c1-14(2)10-15(12(9-16)13(14)17)8-11-6-4-3-5-7-11/h3-7,9,12-13,17H,8,10H2,1-2H3. The van der Waals surface area contributed by atoms with Crippen molar-refractivity contribution >= 4 is 6.29 Å². The Morgan fingerprint density at radius 3 is 2.65 bits per heavy atom. The van der Waals surface area contributed by atoms with Gasteiger partial charge in [0.15, 0.2) is 0 Å². The summed E-state index contributed by atoms with van der Waals surface area (Å²) in [6.07, 6.45) is 0.284. The lowest BCUT2D eigenvalue weighted by atomic mass is 9.88. The van der Waals surface area contributed by atoms with Crippen molar-refractivity contribution in [3.05, 3.63) is 35.9 Å². The first-order chi connectivity index (χ1) is 8.04. The lowest BCUT2D eigenvalue weighted by molar-refractivity contribution is -0.114. The largest absolute Gasteiger partial charge is 0.390 e. The average molecular weight is 233 g/mol. The van der Waals surface area contributed by atoms with E-state index in [2.05, 4.69) is 0 Å². The smallest absolute Gasteiger partial charge is 0.139 e. The molecule has 1 heterocycles. The van der Waals surface area contributed by atoms with Gasteiger partial charge in [-0.3, -0.25) is 4.90 Å². The molecule has 0 saturated carbocycles. The number of rotatable bonds is 3. The van der Waals surface area contributed by atoms with Crippen LogP contribution in [0.2, 0.25) is 0 Å². The zero-order valence-electron chi connectivity index (χ0n) is 10.3. The highest BCUT2D eigenvalue weighted by Gasteiger charge is 2.45. The van der Waals surface area contributed by atoms with Gasteiger partial charge in [0.2, 0.25) is 0 Å². The van der Waals surface area contributed by atoms with Crippen LogP contribution in [0.5, 0.6) is 0 Å². The van der Waals surface area contributed by atoms with Crippen LogP contribution in [0.4, 0.5) is 0 Å². The molecular weight excluding hydrogens is 214 g/mol. The Hall–Kier alpha value is -1.19. The van der Waals surface area contributed by atoms with Gasteiger partial charge in [0.25, 0.3) is 0 Å². The van der Waals surface area contributed by atoms with E-state index in [0.29, 0.717) is 6.54 Å². The van der Waals surface area contributed by atoms with Crippen molar-refractivity contribution in [2.45, 2.75) is 32.5 Å². The molecule has 17 heavy (non-hydrogen) atoms. The Kier molecular flexibility index (Phi) is 3.31. The molecule has 1 aromatic carbocycles. The summed E-state index contributed by atoms with van der Waals surface area (Å²) in [6.45, 7) is 5.45. The van der Waals surface area contributed by atoms with Crippen molar-refractivity contribution in [1.82, 2.24) is 4.90 Å². The molecule has 0 bridgehead atoms. The summed E-state index contributed by atoms with van der Waals surface area (Å²) in [6, 6.07) is 9.65. The number of carbonyl (C=O) groups excluding carboxylic acids is 1. The Morgan fingerprint density at radius 2 is 2.06 bits per heavy atom. The van der Waals surface area contributed by atoms with E-state index in [4.69, 9.17) is 0 Å². The van der Waals surface area contributed by atoms with Gasteiger partial charge in [0, 0.05) is 18.5 Å². The molecule has 2 rings (SSSR count). The molecule has 0 aliphatic carbocycles. The van der Waals surface area contributed by atoms with Gasteiger partial charge in [-0.05, 0) is 5.56 Å². The second kappa shape index (κ2) is 4.59. The minimum Gasteiger partial charge on any atom is -0.390 e. The molecule has 1 saturated heterocycles. The quantitative estimate of drug-likeness (QED) is 0.803. The first kappa shape index (κ1) is 12.3. The van der Waals surface area contributed by atoms with Crippen LogP contribution in [0.1, 0.15) is 19.4 Å². The number of carbonyl (C=O) groups is 1. The summed E-state index contributed by atoms with van der Waals surface area (Å²) in [5, 5.41) is 10.1. The molecule has 92 valence electrons. The summed E-state index contributed by atoms with van der Waals surface area (Å²) in [5.74, 6) is 0. The van der Waals surface area contributed by atoms with Crippen molar-refractivity contribution < 1.29 is 9.90 Å². The van der Waals surface area contributed by atoms with Gasteiger partial charge in [-0.2, -0.15) is 0 Å². The van der Waals surface area contributed by atoms with Crippen LogP contribution in [0, 0.1) is 5.41 Å². The number of hydrogen-bond donors (Lipinski definition) is 1. The van der Waals surface area contributed by atoms with Gasteiger partial charge in [-0.25, -0.2) is 0 Å². The fraction of sp³-hybridized carbons (Fsp3) is 0.500. The molecule has 0 spiro atoms.